The fourth-order valence-corrected chi connectivity index (χ4v) is 3.56. The second-order valence-electron chi connectivity index (χ2n) is 7.37. The zero-order valence-electron chi connectivity index (χ0n) is 15.4. The maximum Gasteiger partial charge on any atom is 0.433 e. The van der Waals surface area contributed by atoms with Crippen LogP contribution >= 0.6 is 0 Å². The zero-order valence-corrected chi connectivity index (χ0v) is 15.4. The molecular weight excluding hydrogens is 383 g/mol. The smallest absolute Gasteiger partial charge is 0.271 e. The number of hydrogen-bond acceptors (Lipinski definition) is 4. The van der Waals surface area contributed by atoms with Gasteiger partial charge >= 0.3 is 6.18 Å². The lowest BCUT2D eigenvalue weighted by atomic mass is 10.1. The molecule has 4 heterocycles. The summed E-state index contributed by atoms with van der Waals surface area (Å²) in [5.74, 6) is 0.535. The molecule has 0 aromatic carbocycles. The highest BCUT2D eigenvalue weighted by molar-refractivity contribution is 6.03. The molecule has 148 valence electrons. The SMILES string of the molecule is Cc1ncccc1-n1c(=O)c2nn(CC3CC3)cc2c2ccc(C(F)(F)F)nc21. The number of pyridine rings is 3. The van der Waals surface area contributed by atoms with Gasteiger partial charge in [0.1, 0.15) is 11.3 Å². The molecule has 0 unspecified atom stereocenters. The van der Waals surface area contributed by atoms with Gasteiger partial charge in [-0.3, -0.25) is 19.0 Å². The van der Waals surface area contributed by atoms with Crippen LogP contribution in [-0.2, 0) is 12.7 Å². The van der Waals surface area contributed by atoms with Crippen molar-refractivity contribution in [3.8, 4) is 5.69 Å². The van der Waals surface area contributed by atoms with E-state index in [4.69, 9.17) is 0 Å². The van der Waals surface area contributed by atoms with Crippen LogP contribution in [0.15, 0.2) is 41.5 Å². The van der Waals surface area contributed by atoms with Gasteiger partial charge in [0.25, 0.3) is 5.56 Å². The first-order valence-corrected chi connectivity index (χ1v) is 9.25. The van der Waals surface area contributed by atoms with Crippen LogP contribution in [0.3, 0.4) is 0 Å². The Labute approximate surface area is 162 Å². The Kier molecular flexibility index (Phi) is 3.77. The molecule has 0 bridgehead atoms. The maximum atomic E-state index is 13.3. The Morgan fingerprint density at radius 2 is 1.97 bits per heavy atom. The third-order valence-corrected chi connectivity index (χ3v) is 5.20. The van der Waals surface area contributed by atoms with E-state index in [0.717, 1.165) is 18.9 Å². The summed E-state index contributed by atoms with van der Waals surface area (Å²) in [4.78, 5) is 21.3. The highest BCUT2D eigenvalue weighted by Gasteiger charge is 2.33. The van der Waals surface area contributed by atoms with Crippen molar-refractivity contribution in [3.63, 3.8) is 0 Å². The normalized spacial score (nSPS) is 14.8. The van der Waals surface area contributed by atoms with Gasteiger partial charge in [-0.1, -0.05) is 0 Å². The Balaban J connectivity index is 1.89. The van der Waals surface area contributed by atoms with Crippen molar-refractivity contribution in [2.24, 2.45) is 5.92 Å². The molecule has 1 aliphatic carbocycles. The number of hydrogen-bond donors (Lipinski definition) is 0. The molecule has 0 radical (unpaired) electrons. The van der Waals surface area contributed by atoms with Crippen molar-refractivity contribution >= 4 is 21.9 Å². The number of halogens is 3. The van der Waals surface area contributed by atoms with Crippen LogP contribution in [0.25, 0.3) is 27.6 Å². The number of rotatable bonds is 3. The van der Waals surface area contributed by atoms with Gasteiger partial charge in [-0.15, -0.1) is 0 Å². The minimum Gasteiger partial charge on any atom is -0.271 e. The number of alkyl halides is 3. The Bertz CT molecular complexity index is 1320. The molecule has 1 fully saturated rings. The summed E-state index contributed by atoms with van der Waals surface area (Å²) in [6, 6.07) is 5.56. The standard InChI is InChI=1S/C20H16F3N5O/c1-11-15(3-2-8-24-11)28-18-13(6-7-16(25-18)20(21,22)23)14-10-27(9-12-4-5-12)26-17(14)19(28)29/h2-3,6-8,10,12H,4-5,9H2,1H3. The Hall–Kier alpha value is -3.23. The van der Waals surface area contributed by atoms with Crippen molar-refractivity contribution in [1.82, 2.24) is 24.3 Å². The lowest BCUT2D eigenvalue weighted by Gasteiger charge is -2.13. The minimum absolute atomic E-state index is 0.0561. The molecule has 0 N–H and O–H groups in total. The van der Waals surface area contributed by atoms with E-state index in [1.807, 2.05) is 0 Å². The quantitative estimate of drug-likeness (QED) is 0.525. The maximum absolute atomic E-state index is 13.3. The summed E-state index contributed by atoms with van der Waals surface area (Å²) < 4.78 is 42.9. The average molecular weight is 399 g/mol. The second-order valence-corrected chi connectivity index (χ2v) is 7.37. The number of fused-ring (bicyclic) bond motifs is 3. The van der Waals surface area contributed by atoms with E-state index in [9.17, 15) is 18.0 Å². The van der Waals surface area contributed by atoms with E-state index in [2.05, 4.69) is 15.1 Å². The molecule has 4 aromatic rings. The van der Waals surface area contributed by atoms with Gasteiger partial charge in [0.15, 0.2) is 5.52 Å². The first-order valence-electron chi connectivity index (χ1n) is 9.25. The molecule has 0 spiro atoms. The minimum atomic E-state index is -4.62. The molecule has 0 aliphatic heterocycles. The van der Waals surface area contributed by atoms with E-state index < -0.39 is 17.4 Å². The molecule has 0 saturated heterocycles. The van der Waals surface area contributed by atoms with Gasteiger partial charge in [-0.05, 0) is 49.9 Å². The van der Waals surface area contributed by atoms with E-state index in [-0.39, 0.29) is 11.2 Å². The summed E-state index contributed by atoms with van der Waals surface area (Å²) in [5, 5.41) is 5.39. The van der Waals surface area contributed by atoms with Crippen molar-refractivity contribution in [1.29, 1.82) is 0 Å². The molecule has 0 amide bonds. The molecule has 4 aromatic heterocycles. The molecule has 0 atom stereocenters. The van der Waals surface area contributed by atoms with E-state index in [1.165, 1.54) is 10.6 Å². The lowest BCUT2D eigenvalue weighted by molar-refractivity contribution is -0.141. The summed E-state index contributed by atoms with van der Waals surface area (Å²) >= 11 is 0. The fraction of sp³-hybridized carbons (Fsp3) is 0.300. The summed E-state index contributed by atoms with van der Waals surface area (Å²) in [5.41, 5.74) is -0.517. The Morgan fingerprint density at radius 3 is 2.66 bits per heavy atom. The second kappa shape index (κ2) is 6.13. The number of nitrogens with zero attached hydrogens (tertiary/aromatic N) is 5. The summed E-state index contributed by atoms with van der Waals surface area (Å²) in [7, 11) is 0. The number of aryl methyl sites for hydroxylation is 1. The first kappa shape index (κ1) is 17.8. The van der Waals surface area contributed by atoms with Gasteiger partial charge in [-0.25, -0.2) is 4.98 Å². The third kappa shape index (κ3) is 2.97. The van der Waals surface area contributed by atoms with Crippen LogP contribution in [0.2, 0.25) is 0 Å². The average Bonchev–Trinajstić information content (AvgIpc) is 3.38. The van der Waals surface area contributed by atoms with Crippen LogP contribution in [0.1, 0.15) is 24.2 Å². The van der Waals surface area contributed by atoms with E-state index in [1.54, 1.807) is 36.1 Å². The van der Waals surface area contributed by atoms with Gasteiger partial charge < -0.3 is 0 Å². The van der Waals surface area contributed by atoms with Gasteiger partial charge in [-0.2, -0.15) is 18.3 Å². The van der Waals surface area contributed by atoms with Gasteiger partial charge in [0.2, 0.25) is 0 Å². The van der Waals surface area contributed by atoms with Crippen molar-refractivity contribution in [3.05, 3.63) is 58.4 Å². The predicted octanol–water partition coefficient (Wildman–Crippen LogP) is 3.87. The van der Waals surface area contributed by atoms with Crippen molar-refractivity contribution in [2.45, 2.75) is 32.5 Å². The topological polar surface area (TPSA) is 65.6 Å². The van der Waals surface area contributed by atoms with Crippen molar-refractivity contribution < 1.29 is 13.2 Å². The van der Waals surface area contributed by atoms with Crippen LogP contribution in [-0.4, -0.2) is 24.3 Å². The molecule has 1 aliphatic rings. The molecule has 6 nitrogen and oxygen atoms in total. The molecule has 1 saturated carbocycles. The van der Waals surface area contributed by atoms with Crippen LogP contribution in [0, 0.1) is 12.8 Å². The Morgan fingerprint density at radius 1 is 1.17 bits per heavy atom. The third-order valence-electron chi connectivity index (χ3n) is 5.20. The monoisotopic (exact) mass is 399 g/mol. The fourth-order valence-electron chi connectivity index (χ4n) is 3.56. The van der Waals surface area contributed by atoms with Crippen molar-refractivity contribution in [2.75, 3.05) is 0 Å². The molecule has 29 heavy (non-hydrogen) atoms. The highest BCUT2D eigenvalue weighted by atomic mass is 19.4. The summed E-state index contributed by atoms with van der Waals surface area (Å²) in [6.45, 7) is 2.38. The zero-order chi connectivity index (χ0) is 20.3. The van der Waals surface area contributed by atoms with Gasteiger partial charge in [0.05, 0.1) is 11.4 Å². The predicted molar refractivity (Wildman–Crippen MR) is 101 cm³/mol. The molecular formula is C20H16F3N5O. The number of aromatic nitrogens is 5. The summed E-state index contributed by atoms with van der Waals surface area (Å²) in [6.07, 6.45) is 0.902. The molecule has 9 heteroatoms. The van der Waals surface area contributed by atoms with Crippen LogP contribution in [0.4, 0.5) is 13.2 Å². The van der Waals surface area contributed by atoms with Crippen LogP contribution in [0.5, 0.6) is 0 Å². The first-order chi connectivity index (χ1) is 13.8. The van der Waals surface area contributed by atoms with Crippen LogP contribution < -0.4 is 5.56 Å². The highest BCUT2D eigenvalue weighted by Crippen LogP contribution is 2.33. The van der Waals surface area contributed by atoms with E-state index >= 15 is 0 Å². The lowest BCUT2D eigenvalue weighted by Crippen LogP contribution is -2.22. The van der Waals surface area contributed by atoms with E-state index in [0.29, 0.717) is 34.6 Å². The van der Waals surface area contributed by atoms with Gasteiger partial charge in [0, 0.05) is 29.7 Å². The molecule has 5 rings (SSSR count). The largest absolute Gasteiger partial charge is 0.433 e.